The van der Waals surface area contributed by atoms with Gasteiger partial charge >= 0.3 is 0 Å². The number of hydrogen-bond donors (Lipinski definition) is 0. The van der Waals surface area contributed by atoms with Gasteiger partial charge in [0.1, 0.15) is 0 Å². The summed E-state index contributed by atoms with van der Waals surface area (Å²) < 4.78 is 1.88. The van der Waals surface area contributed by atoms with Crippen molar-refractivity contribution >= 4 is 23.6 Å². The van der Waals surface area contributed by atoms with Crippen LogP contribution in [0.1, 0.15) is 96.3 Å². The lowest BCUT2D eigenvalue weighted by atomic mass is 9.81. The molecule has 0 aromatic rings. The molecule has 2 saturated heterocycles. The SMILES string of the molecule is C[N+](C)(CCCCCCC[N+](C)(C)CCCN1C(=O)[C@H]2CCCC[C@@H]2C1=O)CCCN1C(=O)[C@H]2CCCC[C@@H]2C1=O. The molecule has 0 spiro atoms. The number of imide groups is 2. The first-order chi connectivity index (χ1) is 19.5. The Morgan fingerprint density at radius 2 is 0.732 bits per heavy atom. The van der Waals surface area contributed by atoms with Crippen LogP contribution in [-0.4, -0.2) is 110 Å². The Kier molecular flexibility index (Phi) is 11.1. The van der Waals surface area contributed by atoms with Gasteiger partial charge in [-0.15, -0.1) is 0 Å². The lowest BCUT2D eigenvalue weighted by molar-refractivity contribution is -0.890. The molecule has 2 aliphatic heterocycles. The quantitative estimate of drug-likeness (QED) is 0.157. The lowest BCUT2D eigenvalue weighted by Crippen LogP contribution is -2.43. The van der Waals surface area contributed by atoms with Gasteiger partial charge in [0.15, 0.2) is 0 Å². The smallest absolute Gasteiger partial charge is 0.233 e. The van der Waals surface area contributed by atoms with Gasteiger partial charge in [0.2, 0.25) is 23.6 Å². The highest BCUT2D eigenvalue weighted by atomic mass is 16.2. The zero-order valence-corrected chi connectivity index (χ0v) is 26.6. The molecule has 0 aromatic heterocycles. The first-order valence-electron chi connectivity index (χ1n) is 16.9. The summed E-state index contributed by atoms with van der Waals surface area (Å²) in [5.41, 5.74) is 0. The molecule has 0 unspecified atom stereocenters. The molecule has 0 radical (unpaired) electrons. The van der Waals surface area contributed by atoms with Crippen LogP contribution in [0.5, 0.6) is 0 Å². The number of unbranched alkanes of at least 4 members (excludes halogenated alkanes) is 4. The molecular formula is C33H58N4O4+2. The highest BCUT2D eigenvalue weighted by Gasteiger charge is 2.48. The molecule has 0 N–H and O–H groups in total. The summed E-state index contributed by atoms with van der Waals surface area (Å²) in [6, 6.07) is 0. The van der Waals surface area contributed by atoms with Gasteiger partial charge in [-0.3, -0.25) is 29.0 Å². The minimum atomic E-state index is -0.0289. The first-order valence-corrected chi connectivity index (χ1v) is 16.9. The van der Waals surface area contributed by atoms with E-state index < -0.39 is 0 Å². The number of quaternary nitrogens is 2. The molecule has 4 aliphatic rings. The largest absolute Gasteiger partial charge is 0.328 e. The number of rotatable bonds is 16. The molecule has 8 heteroatoms. The van der Waals surface area contributed by atoms with Crippen LogP contribution in [0.2, 0.25) is 0 Å². The molecule has 41 heavy (non-hydrogen) atoms. The number of carbonyl (C=O) groups is 4. The Hall–Kier alpha value is -1.80. The summed E-state index contributed by atoms with van der Waals surface area (Å²) in [6.45, 7) is 5.43. The normalized spacial score (nSPS) is 27.1. The van der Waals surface area contributed by atoms with Crippen molar-refractivity contribution in [2.24, 2.45) is 23.7 Å². The second kappa shape index (κ2) is 14.1. The van der Waals surface area contributed by atoms with Crippen molar-refractivity contribution in [3.63, 3.8) is 0 Å². The van der Waals surface area contributed by atoms with E-state index in [0.29, 0.717) is 13.1 Å². The number of nitrogens with zero attached hydrogens (tertiary/aromatic N) is 4. The van der Waals surface area contributed by atoms with Crippen molar-refractivity contribution < 1.29 is 28.1 Å². The number of carbonyl (C=O) groups excluding carboxylic acids is 4. The molecule has 4 atom stereocenters. The highest BCUT2D eigenvalue weighted by molar-refractivity contribution is 6.05. The number of likely N-dealkylation sites (tertiary alicyclic amines) is 2. The number of fused-ring (bicyclic) bond motifs is 2. The van der Waals surface area contributed by atoms with Crippen molar-refractivity contribution in [1.82, 2.24) is 9.80 Å². The molecule has 0 bridgehead atoms. The van der Waals surface area contributed by atoms with Crippen LogP contribution in [0, 0.1) is 23.7 Å². The second-order valence-corrected chi connectivity index (χ2v) is 14.9. The van der Waals surface area contributed by atoms with Gasteiger partial charge in [-0.25, -0.2) is 0 Å². The Labute approximate surface area is 248 Å². The van der Waals surface area contributed by atoms with Crippen LogP contribution in [0.15, 0.2) is 0 Å². The fraction of sp³-hybridized carbons (Fsp3) is 0.879. The monoisotopic (exact) mass is 574 g/mol. The fourth-order valence-electron chi connectivity index (χ4n) is 8.05. The summed E-state index contributed by atoms with van der Waals surface area (Å²) >= 11 is 0. The highest BCUT2D eigenvalue weighted by Crippen LogP contribution is 2.39. The minimum Gasteiger partial charge on any atom is -0.328 e. The molecule has 4 rings (SSSR count). The maximum atomic E-state index is 12.7. The van der Waals surface area contributed by atoms with Crippen LogP contribution in [-0.2, 0) is 19.2 Å². The van der Waals surface area contributed by atoms with Crippen LogP contribution < -0.4 is 0 Å². The third-order valence-electron chi connectivity index (χ3n) is 10.7. The van der Waals surface area contributed by atoms with E-state index in [2.05, 4.69) is 28.2 Å². The van der Waals surface area contributed by atoms with Gasteiger partial charge in [0.05, 0.1) is 78.0 Å². The van der Waals surface area contributed by atoms with Crippen LogP contribution >= 0.6 is 0 Å². The molecule has 2 heterocycles. The first kappa shape index (κ1) is 32.1. The van der Waals surface area contributed by atoms with Crippen molar-refractivity contribution in [2.75, 3.05) is 67.5 Å². The number of amides is 4. The van der Waals surface area contributed by atoms with E-state index in [4.69, 9.17) is 0 Å². The average Bonchev–Trinajstić information content (AvgIpc) is 3.33. The van der Waals surface area contributed by atoms with Crippen molar-refractivity contribution in [3.8, 4) is 0 Å². The molecule has 4 amide bonds. The predicted molar refractivity (Wildman–Crippen MR) is 160 cm³/mol. The predicted octanol–water partition coefficient (Wildman–Crippen LogP) is 4.22. The van der Waals surface area contributed by atoms with E-state index in [1.54, 1.807) is 9.80 Å². The lowest BCUT2D eigenvalue weighted by Gasteiger charge is -2.31. The van der Waals surface area contributed by atoms with E-state index in [-0.39, 0.29) is 47.3 Å². The third kappa shape index (κ3) is 8.19. The van der Waals surface area contributed by atoms with Gasteiger partial charge in [-0.2, -0.15) is 0 Å². The third-order valence-corrected chi connectivity index (χ3v) is 10.7. The molecule has 0 aromatic carbocycles. The Morgan fingerprint density at radius 1 is 0.463 bits per heavy atom. The summed E-state index contributed by atoms with van der Waals surface area (Å²) in [5.74, 6) is 0.277. The summed E-state index contributed by atoms with van der Waals surface area (Å²) in [6.07, 6.45) is 15.8. The van der Waals surface area contributed by atoms with E-state index in [1.165, 1.54) is 32.1 Å². The number of hydrogen-bond acceptors (Lipinski definition) is 4. The summed E-state index contributed by atoms with van der Waals surface area (Å²) in [4.78, 5) is 54.0. The molecule has 232 valence electrons. The van der Waals surface area contributed by atoms with E-state index in [1.807, 2.05) is 0 Å². The van der Waals surface area contributed by atoms with Gasteiger partial charge in [-0.1, -0.05) is 32.1 Å². The van der Waals surface area contributed by atoms with Crippen LogP contribution in [0.4, 0.5) is 0 Å². The van der Waals surface area contributed by atoms with Crippen molar-refractivity contribution in [1.29, 1.82) is 0 Å². The van der Waals surface area contributed by atoms with Gasteiger partial charge < -0.3 is 8.97 Å². The molecule has 2 aliphatic carbocycles. The van der Waals surface area contributed by atoms with Crippen LogP contribution in [0.25, 0.3) is 0 Å². The fourth-order valence-corrected chi connectivity index (χ4v) is 8.05. The maximum Gasteiger partial charge on any atom is 0.233 e. The van der Waals surface area contributed by atoms with Crippen molar-refractivity contribution in [2.45, 2.75) is 96.3 Å². The standard InChI is InChI=1S/C33H58N4O4/c1-36(2,24-14-20-34-30(38)26-16-8-9-17-27(26)31(34)39)22-12-6-5-7-13-23-37(3,4)25-15-21-35-32(40)28-18-10-11-19-29(28)33(35)41/h26-29H,5-25H2,1-4H3/q+2/t26-,27-,28-,29-/m0/s1. The van der Waals surface area contributed by atoms with Gasteiger partial charge in [-0.05, 0) is 51.4 Å². The van der Waals surface area contributed by atoms with E-state index in [0.717, 1.165) is 99.4 Å². The molecule has 8 nitrogen and oxygen atoms in total. The molecular weight excluding hydrogens is 516 g/mol. The summed E-state index contributed by atoms with van der Waals surface area (Å²) in [5, 5.41) is 0. The maximum absolute atomic E-state index is 12.7. The van der Waals surface area contributed by atoms with E-state index in [9.17, 15) is 19.2 Å². The average molecular weight is 575 g/mol. The van der Waals surface area contributed by atoms with Crippen LogP contribution in [0.3, 0.4) is 0 Å². The Balaban J connectivity index is 1.03. The van der Waals surface area contributed by atoms with Gasteiger partial charge in [0.25, 0.3) is 0 Å². The summed E-state index contributed by atoms with van der Waals surface area (Å²) in [7, 11) is 9.07. The van der Waals surface area contributed by atoms with E-state index >= 15 is 0 Å². The van der Waals surface area contributed by atoms with Crippen molar-refractivity contribution in [3.05, 3.63) is 0 Å². The Morgan fingerprint density at radius 3 is 1.05 bits per heavy atom. The zero-order valence-electron chi connectivity index (χ0n) is 26.6. The zero-order chi connectivity index (χ0) is 29.6. The molecule has 2 saturated carbocycles. The topological polar surface area (TPSA) is 74.8 Å². The van der Waals surface area contributed by atoms with Gasteiger partial charge in [0, 0.05) is 25.9 Å². The minimum absolute atomic E-state index is 0.0289. The second-order valence-electron chi connectivity index (χ2n) is 14.9. The molecule has 4 fully saturated rings. The Bertz CT molecular complexity index is 826.